The van der Waals surface area contributed by atoms with Crippen molar-refractivity contribution in [1.29, 1.82) is 0 Å². The van der Waals surface area contributed by atoms with E-state index in [1.54, 1.807) is 24.4 Å². The average molecular weight is 307 g/mol. The number of halogens is 2. The van der Waals surface area contributed by atoms with E-state index in [1.807, 2.05) is 6.07 Å². The summed E-state index contributed by atoms with van der Waals surface area (Å²) in [5, 5.41) is 7.57. The maximum absolute atomic E-state index is 12.9. The molecular weight excluding hydrogens is 295 g/mol. The van der Waals surface area contributed by atoms with Crippen LogP contribution in [0.3, 0.4) is 0 Å². The molecule has 3 rings (SSSR count). The van der Waals surface area contributed by atoms with Crippen LogP contribution in [0, 0.1) is 5.82 Å². The van der Waals surface area contributed by atoms with Gasteiger partial charge in [0.2, 0.25) is 0 Å². The Kier molecular flexibility index (Phi) is 3.62. The van der Waals surface area contributed by atoms with Gasteiger partial charge in [-0.05, 0) is 30.3 Å². The number of benzene rings is 1. The predicted octanol–water partition coefficient (Wildman–Crippen LogP) is 2.40. The Balaban J connectivity index is 1.72. The topological polar surface area (TPSA) is 51.3 Å². The highest BCUT2D eigenvalue weighted by Gasteiger charge is 2.06. The lowest BCUT2D eigenvalue weighted by Crippen LogP contribution is -2.24. The minimum atomic E-state index is -0.387. The smallest absolute Gasteiger partial charge is 0.350 e. The summed E-state index contributed by atoms with van der Waals surface area (Å²) in [6, 6.07) is 9.48. The fourth-order valence-corrected chi connectivity index (χ4v) is 2.28. The molecule has 108 valence electrons. The molecule has 0 amide bonds. The van der Waals surface area contributed by atoms with E-state index in [-0.39, 0.29) is 11.5 Å². The van der Waals surface area contributed by atoms with Gasteiger partial charge in [-0.3, -0.25) is 4.40 Å². The van der Waals surface area contributed by atoms with Gasteiger partial charge >= 0.3 is 5.69 Å². The molecule has 0 atom stereocenters. The van der Waals surface area contributed by atoms with Crippen molar-refractivity contribution >= 4 is 22.9 Å². The van der Waals surface area contributed by atoms with E-state index in [0.717, 1.165) is 0 Å². The molecule has 0 aliphatic carbocycles. The highest BCUT2D eigenvalue weighted by atomic mass is 35.5. The zero-order valence-electron chi connectivity index (χ0n) is 11.0. The summed E-state index contributed by atoms with van der Waals surface area (Å²) in [4.78, 5) is 12.0. The number of nitrogens with zero attached hydrogens (tertiary/aromatic N) is 3. The van der Waals surface area contributed by atoms with Crippen LogP contribution in [0.5, 0.6) is 0 Å². The molecule has 1 aromatic carbocycles. The Hall–Kier alpha value is -2.34. The summed E-state index contributed by atoms with van der Waals surface area (Å²) in [6.45, 7) is 0.837. The van der Waals surface area contributed by atoms with Crippen LogP contribution in [0.15, 0.2) is 47.4 Å². The number of anilines is 1. The number of aromatic nitrogens is 3. The van der Waals surface area contributed by atoms with Gasteiger partial charge in [-0.15, -0.1) is 5.10 Å². The lowest BCUT2D eigenvalue weighted by atomic mass is 10.3. The third-order valence-corrected chi connectivity index (χ3v) is 3.37. The van der Waals surface area contributed by atoms with Crippen LogP contribution in [0.1, 0.15) is 0 Å². The van der Waals surface area contributed by atoms with Gasteiger partial charge in [0.15, 0.2) is 5.65 Å². The zero-order chi connectivity index (χ0) is 14.8. The van der Waals surface area contributed by atoms with Gasteiger partial charge in [0, 0.05) is 12.7 Å². The lowest BCUT2D eigenvalue weighted by Gasteiger charge is -2.07. The summed E-state index contributed by atoms with van der Waals surface area (Å²) in [7, 11) is 0. The average Bonchev–Trinajstić information content (AvgIpc) is 2.79. The van der Waals surface area contributed by atoms with Crippen LogP contribution >= 0.6 is 11.6 Å². The number of hydrogen-bond acceptors (Lipinski definition) is 3. The monoisotopic (exact) mass is 306 g/mol. The van der Waals surface area contributed by atoms with Crippen molar-refractivity contribution < 1.29 is 4.39 Å². The number of hydrogen-bond donors (Lipinski definition) is 1. The van der Waals surface area contributed by atoms with Crippen LogP contribution in [-0.2, 0) is 6.54 Å². The first-order chi connectivity index (χ1) is 10.1. The summed E-state index contributed by atoms with van der Waals surface area (Å²) in [5.41, 5.74) is 1.02. The van der Waals surface area contributed by atoms with Crippen LogP contribution in [-0.4, -0.2) is 20.7 Å². The van der Waals surface area contributed by atoms with Crippen molar-refractivity contribution in [3.63, 3.8) is 0 Å². The number of rotatable bonds is 4. The van der Waals surface area contributed by atoms with Gasteiger partial charge in [-0.1, -0.05) is 17.7 Å². The standard InChI is InChI=1S/C14H12ClFN4O/c15-11-9-10(16)4-5-12(11)17-6-8-20-14(21)19-7-2-1-3-13(19)18-20/h1-5,7,9,17H,6,8H2. The van der Waals surface area contributed by atoms with Crippen molar-refractivity contribution in [3.05, 3.63) is 63.9 Å². The second-order valence-electron chi connectivity index (χ2n) is 4.49. The molecule has 0 saturated carbocycles. The first-order valence-corrected chi connectivity index (χ1v) is 6.76. The first kappa shape index (κ1) is 13.6. The van der Waals surface area contributed by atoms with Crippen molar-refractivity contribution in [1.82, 2.24) is 14.2 Å². The molecule has 0 aliphatic heterocycles. The highest BCUT2D eigenvalue weighted by molar-refractivity contribution is 6.33. The molecule has 2 heterocycles. The van der Waals surface area contributed by atoms with Gasteiger partial charge in [-0.2, -0.15) is 0 Å². The molecule has 1 N–H and O–H groups in total. The molecule has 21 heavy (non-hydrogen) atoms. The molecule has 7 heteroatoms. The Morgan fingerprint density at radius 2 is 2.14 bits per heavy atom. The molecule has 0 saturated heterocycles. The summed E-state index contributed by atoms with van der Waals surface area (Å²) >= 11 is 5.92. The molecule has 5 nitrogen and oxygen atoms in total. The minimum absolute atomic E-state index is 0.197. The lowest BCUT2D eigenvalue weighted by molar-refractivity contribution is 0.613. The molecule has 0 radical (unpaired) electrons. The SMILES string of the molecule is O=c1n(CCNc2ccc(F)cc2Cl)nc2ccccn12. The molecule has 0 bridgehead atoms. The van der Waals surface area contributed by atoms with E-state index >= 15 is 0 Å². The molecular formula is C14H12ClFN4O. The second-order valence-corrected chi connectivity index (χ2v) is 4.89. The zero-order valence-corrected chi connectivity index (χ0v) is 11.7. The molecule has 3 aromatic rings. The summed E-state index contributed by atoms with van der Waals surface area (Å²) in [6.07, 6.45) is 1.67. The Morgan fingerprint density at radius 3 is 2.90 bits per heavy atom. The number of fused-ring (bicyclic) bond motifs is 1. The van der Waals surface area contributed by atoms with Gasteiger partial charge in [0.1, 0.15) is 5.82 Å². The molecule has 0 fully saturated rings. The van der Waals surface area contributed by atoms with Crippen molar-refractivity contribution in [2.24, 2.45) is 0 Å². The molecule has 0 spiro atoms. The second kappa shape index (κ2) is 5.57. The van der Waals surface area contributed by atoms with Crippen LogP contribution < -0.4 is 11.0 Å². The third-order valence-electron chi connectivity index (χ3n) is 3.06. The fraction of sp³-hybridized carbons (Fsp3) is 0.143. The van der Waals surface area contributed by atoms with Crippen molar-refractivity contribution in [2.45, 2.75) is 6.54 Å². The van der Waals surface area contributed by atoms with Crippen molar-refractivity contribution in [3.8, 4) is 0 Å². The first-order valence-electron chi connectivity index (χ1n) is 6.38. The Labute approximate surface area is 124 Å². The minimum Gasteiger partial charge on any atom is -0.382 e. The van der Waals surface area contributed by atoms with Gasteiger partial charge in [-0.25, -0.2) is 13.9 Å². The predicted molar refractivity (Wildman–Crippen MR) is 79.4 cm³/mol. The van der Waals surface area contributed by atoms with E-state index in [1.165, 1.54) is 21.2 Å². The van der Waals surface area contributed by atoms with Gasteiger partial charge in [0.25, 0.3) is 0 Å². The van der Waals surface area contributed by atoms with Gasteiger partial charge in [0.05, 0.1) is 17.3 Å². The highest BCUT2D eigenvalue weighted by Crippen LogP contribution is 2.21. The molecule has 2 aromatic heterocycles. The van der Waals surface area contributed by atoms with E-state index in [4.69, 9.17) is 11.6 Å². The van der Waals surface area contributed by atoms with E-state index in [0.29, 0.717) is 29.4 Å². The summed E-state index contributed by atoms with van der Waals surface area (Å²) < 4.78 is 15.8. The van der Waals surface area contributed by atoms with Crippen LogP contribution in [0.4, 0.5) is 10.1 Å². The summed E-state index contributed by atoms with van der Waals surface area (Å²) in [5.74, 6) is -0.387. The van der Waals surface area contributed by atoms with E-state index in [2.05, 4.69) is 10.4 Å². The fourth-order valence-electron chi connectivity index (χ4n) is 2.04. The van der Waals surface area contributed by atoms with E-state index in [9.17, 15) is 9.18 Å². The van der Waals surface area contributed by atoms with Crippen LogP contribution in [0.2, 0.25) is 5.02 Å². The molecule has 0 unspecified atom stereocenters. The van der Waals surface area contributed by atoms with Gasteiger partial charge < -0.3 is 5.32 Å². The normalized spacial score (nSPS) is 11.0. The Morgan fingerprint density at radius 1 is 1.29 bits per heavy atom. The molecule has 0 aliphatic rings. The third kappa shape index (κ3) is 2.75. The maximum atomic E-state index is 12.9. The Bertz CT molecular complexity index is 842. The van der Waals surface area contributed by atoms with E-state index < -0.39 is 0 Å². The number of nitrogens with one attached hydrogen (secondary N) is 1. The number of pyridine rings is 1. The van der Waals surface area contributed by atoms with Crippen molar-refractivity contribution in [2.75, 3.05) is 11.9 Å². The maximum Gasteiger partial charge on any atom is 0.350 e. The van der Waals surface area contributed by atoms with Crippen LogP contribution in [0.25, 0.3) is 5.65 Å². The largest absolute Gasteiger partial charge is 0.382 e. The quantitative estimate of drug-likeness (QED) is 0.805.